The fourth-order valence-electron chi connectivity index (χ4n) is 2.76. The van der Waals surface area contributed by atoms with Crippen LogP contribution in [0.3, 0.4) is 0 Å². The Kier molecular flexibility index (Phi) is 4.14. The average Bonchev–Trinajstić information content (AvgIpc) is 3.29. The molecule has 1 unspecified atom stereocenters. The summed E-state index contributed by atoms with van der Waals surface area (Å²) < 4.78 is 5.22. The molecular formula is C18H16N6O2. The van der Waals surface area contributed by atoms with Crippen LogP contribution < -0.4 is 5.32 Å². The molecular weight excluding hydrogens is 332 g/mol. The third-order valence-electron chi connectivity index (χ3n) is 4.03. The Bertz CT molecular complexity index is 1040. The molecule has 8 nitrogen and oxygen atoms in total. The van der Waals surface area contributed by atoms with Crippen LogP contribution in [-0.4, -0.2) is 31.5 Å². The Morgan fingerprint density at radius 2 is 1.96 bits per heavy atom. The quantitative estimate of drug-likeness (QED) is 0.573. The number of nitrogens with one attached hydrogen (secondary N) is 2. The fourth-order valence-corrected chi connectivity index (χ4v) is 2.76. The van der Waals surface area contributed by atoms with Crippen LogP contribution in [0.4, 0.5) is 0 Å². The zero-order valence-corrected chi connectivity index (χ0v) is 14.0. The standard InChI is InChI=1S/C18H16N6O2/c1-11-19-17(26-23-11)10-15(12-5-3-2-4-6-12)20-18(25)13-7-8-14-16(9-13)22-24-21-14/h2-9,15H,10H2,1H3,(H,20,25)(H,21,22,24). The molecule has 130 valence electrons. The summed E-state index contributed by atoms with van der Waals surface area (Å²) in [5.41, 5.74) is 2.82. The van der Waals surface area contributed by atoms with Gasteiger partial charge in [0.05, 0.1) is 12.5 Å². The van der Waals surface area contributed by atoms with Crippen LogP contribution in [0.25, 0.3) is 11.0 Å². The van der Waals surface area contributed by atoms with Crippen LogP contribution in [0.5, 0.6) is 0 Å². The van der Waals surface area contributed by atoms with E-state index in [1.165, 1.54) is 0 Å². The van der Waals surface area contributed by atoms with Crippen molar-refractivity contribution in [2.75, 3.05) is 0 Å². The van der Waals surface area contributed by atoms with E-state index in [9.17, 15) is 4.79 Å². The van der Waals surface area contributed by atoms with Gasteiger partial charge in [0.15, 0.2) is 5.82 Å². The lowest BCUT2D eigenvalue weighted by Crippen LogP contribution is -2.30. The molecule has 4 aromatic rings. The van der Waals surface area contributed by atoms with Crippen LogP contribution >= 0.6 is 0 Å². The first-order valence-electron chi connectivity index (χ1n) is 8.14. The number of aromatic amines is 1. The number of hydrogen-bond donors (Lipinski definition) is 2. The van der Waals surface area contributed by atoms with Gasteiger partial charge in [-0.25, -0.2) is 0 Å². The second-order valence-corrected chi connectivity index (χ2v) is 5.90. The van der Waals surface area contributed by atoms with Crippen LogP contribution in [0.1, 0.15) is 33.7 Å². The van der Waals surface area contributed by atoms with Crippen molar-refractivity contribution in [2.24, 2.45) is 0 Å². The lowest BCUT2D eigenvalue weighted by Gasteiger charge is -2.17. The predicted octanol–water partition coefficient (Wildman–Crippen LogP) is 2.36. The number of aromatic nitrogens is 5. The van der Waals surface area contributed by atoms with Gasteiger partial charge in [0, 0.05) is 5.56 Å². The number of amides is 1. The van der Waals surface area contributed by atoms with Gasteiger partial charge < -0.3 is 9.84 Å². The van der Waals surface area contributed by atoms with Crippen molar-refractivity contribution in [3.05, 3.63) is 71.4 Å². The number of hydrogen-bond acceptors (Lipinski definition) is 6. The van der Waals surface area contributed by atoms with Gasteiger partial charge in [-0.3, -0.25) is 4.79 Å². The van der Waals surface area contributed by atoms with Gasteiger partial charge >= 0.3 is 0 Å². The van der Waals surface area contributed by atoms with E-state index in [4.69, 9.17) is 4.52 Å². The lowest BCUT2D eigenvalue weighted by atomic mass is 10.0. The molecule has 26 heavy (non-hydrogen) atoms. The van der Waals surface area contributed by atoms with Crippen molar-refractivity contribution in [1.29, 1.82) is 0 Å². The highest BCUT2D eigenvalue weighted by Gasteiger charge is 2.19. The number of carbonyl (C=O) groups is 1. The maximum absolute atomic E-state index is 12.8. The molecule has 0 bridgehead atoms. The van der Waals surface area contributed by atoms with Crippen LogP contribution in [0, 0.1) is 6.92 Å². The summed E-state index contributed by atoms with van der Waals surface area (Å²) in [6, 6.07) is 14.6. The number of H-pyrrole nitrogens is 1. The highest BCUT2D eigenvalue weighted by molar-refractivity contribution is 5.97. The Morgan fingerprint density at radius 1 is 1.15 bits per heavy atom. The molecule has 4 rings (SSSR count). The van der Waals surface area contributed by atoms with Gasteiger partial charge in [0.25, 0.3) is 5.91 Å². The first-order valence-corrected chi connectivity index (χ1v) is 8.14. The van der Waals surface area contributed by atoms with E-state index in [1.807, 2.05) is 30.3 Å². The van der Waals surface area contributed by atoms with E-state index >= 15 is 0 Å². The van der Waals surface area contributed by atoms with E-state index in [2.05, 4.69) is 30.9 Å². The van der Waals surface area contributed by atoms with Gasteiger partial charge in [0.1, 0.15) is 11.0 Å². The van der Waals surface area contributed by atoms with Crippen LogP contribution in [0.2, 0.25) is 0 Å². The molecule has 1 atom stereocenters. The van der Waals surface area contributed by atoms with Gasteiger partial charge in [0.2, 0.25) is 5.89 Å². The summed E-state index contributed by atoms with van der Waals surface area (Å²) >= 11 is 0. The molecule has 0 spiro atoms. The molecule has 1 amide bonds. The summed E-state index contributed by atoms with van der Waals surface area (Å²) in [4.78, 5) is 17.0. The second kappa shape index (κ2) is 6.75. The first kappa shape index (κ1) is 15.9. The minimum atomic E-state index is -0.295. The molecule has 0 saturated carbocycles. The van der Waals surface area contributed by atoms with Crippen LogP contribution in [-0.2, 0) is 6.42 Å². The molecule has 2 N–H and O–H groups in total. The molecule has 8 heteroatoms. The van der Waals surface area contributed by atoms with Gasteiger partial charge in [-0.05, 0) is 30.7 Å². The highest BCUT2D eigenvalue weighted by atomic mass is 16.5. The molecule has 0 aliphatic rings. The molecule has 0 saturated heterocycles. The van der Waals surface area contributed by atoms with Gasteiger partial charge in [-0.2, -0.15) is 20.4 Å². The maximum Gasteiger partial charge on any atom is 0.251 e. The normalized spacial score (nSPS) is 12.2. The summed E-state index contributed by atoms with van der Waals surface area (Å²) in [6.07, 6.45) is 0.406. The third kappa shape index (κ3) is 3.30. The zero-order chi connectivity index (χ0) is 17.9. The maximum atomic E-state index is 12.8. The highest BCUT2D eigenvalue weighted by Crippen LogP contribution is 2.19. The van der Waals surface area contributed by atoms with Crippen molar-refractivity contribution in [3.63, 3.8) is 0 Å². The summed E-state index contributed by atoms with van der Waals surface area (Å²) in [7, 11) is 0. The van der Waals surface area contributed by atoms with E-state index in [0.717, 1.165) is 5.56 Å². The topological polar surface area (TPSA) is 110 Å². The van der Waals surface area contributed by atoms with E-state index < -0.39 is 0 Å². The van der Waals surface area contributed by atoms with Crippen molar-refractivity contribution in [3.8, 4) is 0 Å². The lowest BCUT2D eigenvalue weighted by molar-refractivity contribution is 0.0935. The number of benzene rings is 2. The molecule has 0 radical (unpaired) electrons. The summed E-state index contributed by atoms with van der Waals surface area (Å²) in [6.45, 7) is 1.76. The van der Waals surface area contributed by atoms with Crippen molar-refractivity contribution in [2.45, 2.75) is 19.4 Å². The van der Waals surface area contributed by atoms with E-state index in [0.29, 0.717) is 34.7 Å². The molecule has 0 aliphatic carbocycles. The Hall–Kier alpha value is -3.55. The van der Waals surface area contributed by atoms with Gasteiger partial charge in [-0.15, -0.1) is 0 Å². The van der Waals surface area contributed by atoms with Crippen molar-refractivity contribution >= 4 is 16.9 Å². The molecule has 2 heterocycles. The second-order valence-electron chi connectivity index (χ2n) is 5.90. The molecule has 2 aromatic carbocycles. The minimum absolute atomic E-state index is 0.208. The van der Waals surface area contributed by atoms with E-state index in [-0.39, 0.29) is 11.9 Å². The zero-order valence-electron chi connectivity index (χ0n) is 14.0. The first-order chi connectivity index (χ1) is 12.7. The number of rotatable bonds is 5. The number of nitrogens with zero attached hydrogens (tertiary/aromatic N) is 4. The Balaban J connectivity index is 1.59. The molecule has 0 aliphatic heterocycles. The Labute approximate surface area is 148 Å². The largest absolute Gasteiger partial charge is 0.345 e. The molecule has 2 aromatic heterocycles. The van der Waals surface area contributed by atoms with E-state index in [1.54, 1.807) is 25.1 Å². The monoisotopic (exact) mass is 348 g/mol. The minimum Gasteiger partial charge on any atom is -0.345 e. The average molecular weight is 348 g/mol. The summed E-state index contributed by atoms with van der Waals surface area (Å²) in [5.74, 6) is 0.832. The SMILES string of the molecule is Cc1noc(CC(NC(=O)c2ccc3n[nH]nc3c2)c2ccccc2)n1. The fraction of sp³-hybridized carbons (Fsp3) is 0.167. The van der Waals surface area contributed by atoms with Crippen LogP contribution in [0.15, 0.2) is 53.1 Å². The number of carbonyl (C=O) groups excluding carboxylic acids is 1. The Morgan fingerprint density at radius 3 is 2.73 bits per heavy atom. The van der Waals surface area contributed by atoms with Crippen molar-refractivity contribution in [1.82, 2.24) is 30.9 Å². The smallest absolute Gasteiger partial charge is 0.251 e. The summed E-state index contributed by atoms with van der Waals surface area (Å²) in [5, 5.41) is 17.4. The molecule has 0 fully saturated rings. The van der Waals surface area contributed by atoms with Crippen molar-refractivity contribution < 1.29 is 9.32 Å². The predicted molar refractivity (Wildman–Crippen MR) is 93.3 cm³/mol. The van der Waals surface area contributed by atoms with Gasteiger partial charge in [-0.1, -0.05) is 35.5 Å². The number of fused-ring (bicyclic) bond motifs is 1. The third-order valence-corrected chi connectivity index (χ3v) is 4.03. The number of aryl methyl sites for hydroxylation is 1.